The van der Waals surface area contributed by atoms with Crippen LogP contribution in [0.1, 0.15) is 50.4 Å². The lowest BCUT2D eigenvalue weighted by molar-refractivity contribution is -0.146. The minimum Gasteiger partial charge on any atom is -0.477 e. The number of benzene rings is 2. The van der Waals surface area contributed by atoms with Gasteiger partial charge in [-0.1, -0.05) is 82.1 Å². The largest absolute Gasteiger partial charge is 0.543 e. The first-order valence-corrected chi connectivity index (χ1v) is 13.4. The molecule has 1 aromatic heterocycles. The highest BCUT2D eigenvalue weighted by atomic mass is 31.1. The van der Waals surface area contributed by atoms with Gasteiger partial charge in [-0.25, -0.2) is 14.2 Å². The molecule has 0 saturated carbocycles. The van der Waals surface area contributed by atoms with Gasteiger partial charge in [-0.3, -0.25) is 0 Å². The smallest absolute Gasteiger partial charge is 0.477 e. The topological polar surface area (TPSA) is 96.7 Å². The number of aromatic nitrogens is 1. The van der Waals surface area contributed by atoms with E-state index in [9.17, 15) is 24.0 Å². The molecule has 0 aliphatic heterocycles. The van der Waals surface area contributed by atoms with Crippen LogP contribution in [-0.4, -0.2) is 33.4 Å². The van der Waals surface area contributed by atoms with E-state index in [1.54, 1.807) is 26.0 Å². The Hall–Kier alpha value is -3.43. The van der Waals surface area contributed by atoms with Crippen LogP contribution >= 0.6 is 8.03 Å². The molecular weight excluding hydrogens is 504 g/mol. The van der Waals surface area contributed by atoms with E-state index in [-0.39, 0.29) is 24.0 Å². The Morgan fingerprint density at radius 2 is 1.68 bits per heavy atom. The molecule has 2 N–H and O–H groups in total. The van der Waals surface area contributed by atoms with Crippen molar-refractivity contribution in [2.75, 3.05) is 7.11 Å². The van der Waals surface area contributed by atoms with Crippen LogP contribution in [0, 0.1) is 23.6 Å². The molecule has 3 atom stereocenters. The number of carboxylic acid groups (broad SMARTS) is 1. The maximum absolute atomic E-state index is 13.7. The SMILES string of the molecule is CO[P+](=O)C(C#CC(C)C)(C(=O)O)C(O)(Cc1ccc(F)cc1)c1ccc(C(C)C)c(-c2ccccc2)n1. The molecule has 3 aromatic rings. The van der Waals surface area contributed by atoms with Gasteiger partial charge in [0.25, 0.3) is 0 Å². The fourth-order valence-corrected chi connectivity index (χ4v) is 5.37. The zero-order valence-corrected chi connectivity index (χ0v) is 23.0. The van der Waals surface area contributed by atoms with Crippen molar-refractivity contribution in [2.24, 2.45) is 5.92 Å². The molecular formula is C30H32FNO5P+. The van der Waals surface area contributed by atoms with Crippen LogP contribution in [-0.2, 0) is 25.9 Å². The first-order chi connectivity index (χ1) is 18.0. The zero-order valence-electron chi connectivity index (χ0n) is 22.1. The number of pyridine rings is 1. The Balaban J connectivity index is 2.43. The molecule has 0 bridgehead atoms. The Morgan fingerprint density at radius 3 is 2.21 bits per heavy atom. The van der Waals surface area contributed by atoms with E-state index in [1.165, 1.54) is 24.3 Å². The van der Waals surface area contributed by atoms with Crippen molar-refractivity contribution < 1.29 is 28.5 Å². The molecule has 6 nitrogen and oxygen atoms in total. The van der Waals surface area contributed by atoms with E-state index in [0.717, 1.165) is 18.2 Å². The Morgan fingerprint density at radius 1 is 1.05 bits per heavy atom. The van der Waals surface area contributed by atoms with Crippen molar-refractivity contribution in [3.8, 4) is 23.1 Å². The molecule has 3 unspecified atom stereocenters. The minimum atomic E-state index is -3.08. The van der Waals surface area contributed by atoms with Gasteiger partial charge in [0.05, 0.1) is 18.5 Å². The average Bonchev–Trinajstić information content (AvgIpc) is 2.89. The lowest BCUT2D eigenvalue weighted by Gasteiger charge is -2.33. The van der Waals surface area contributed by atoms with Crippen LogP contribution in [0.15, 0.2) is 66.7 Å². The number of nitrogens with zero attached hydrogens (tertiary/aromatic N) is 1. The van der Waals surface area contributed by atoms with Gasteiger partial charge < -0.3 is 10.2 Å². The van der Waals surface area contributed by atoms with Gasteiger partial charge in [0, 0.05) is 17.9 Å². The summed E-state index contributed by atoms with van der Waals surface area (Å²) in [4.78, 5) is 17.8. The Bertz CT molecular complexity index is 1360. The van der Waals surface area contributed by atoms with Gasteiger partial charge in [-0.15, -0.1) is 4.52 Å². The van der Waals surface area contributed by atoms with Gasteiger partial charge in [0.2, 0.25) is 0 Å². The van der Waals surface area contributed by atoms with E-state index in [2.05, 4.69) is 11.8 Å². The summed E-state index contributed by atoms with van der Waals surface area (Å²) in [5.74, 6) is 3.08. The normalized spacial score (nSPS) is 14.8. The third kappa shape index (κ3) is 5.68. The third-order valence-corrected chi connectivity index (χ3v) is 7.83. The van der Waals surface area contributed by atoms with Crippen molar-refractivity contribution in [3.63, 3.8) is 0 Å². The quantitative estimate of drug-likeness (QED) is 0.246. The second-order valence-electron chi connectivity index (χ2n) is 9.70. The molecule has 8 heteroatoms. The second-order valence-corrected chi connectivity index (χ2v) is 11.2. The highest BCUT2D eigenvalue weighted by Gasteiger charge is 2.72. The summed E-state index contributed by atoms with van der Waals surface area (Å²) in [6, 6.07) is 17.9. The van der Waals surface area contributed by atoms with Crippen LogP contribution in [0.25, 0.3) is 11.3 Å². The van der Waals surface area contributed by atoms with Crippen LogP contribution in [0.5, 0.6) is 0 Å². The molecule has 0 aliphatic carbocycles. The zero-order chi connectivity index (χ0) is 28.1. The van der Waals surface area contributed by atoms with Crippen molar-refractivity contribution in [1.82, 2.24) is 4.98 Å². The van der Waals surface area contributed by atoms with E-state index in [0.29, 0.717) is 11.3 Å². The number of rotatable bonds is 9. The van der Waals surface area contributed by atoms with Crippen LogP contribution in [0.2, 0.25) is 0 Å². The molecule has 0 aliphatic rings. The molecule has 0 saturated heterocycles. The summed E-state index contributed by atoms with van der Waals surface area (Å²) < 4.78 is 32.3. The predicted molar refractivity (Wildman–Crippen MR) is 145 cm³/mol. The van der Waals surface area contributed by atoms with Crippen molar-refractivity contribution in [3.05, 3.63) is 89.4 Å². The first-order valence-electron chi connectivity index (χ1n) is 12.3. The van der Waals surface area contributed by atoms with Crippen LogP contribution in [0.3, 0.4) is 0 Å². The molecule has 0 fully saturated rings. The van der Waals surface area contributed by atoms with Gasteiger partial charge in [-0.2, -0.15) is 0 Å². The summed E-state index contributed by atoms with van der Waals surface area (Å²) in [5, 5.41) is 20.5. The molecule has 198 valence electrons. The highest BCUT2D eigenvalue weighted by molar-refractivity contribution is 7.43. The fraction of sp³-hybridized carbons (Fsp3) is 0.333. The summed E-state index contributed by atoms with van der Waals surface area (Å²) in [7, 11) is -1.97. The number of aliphatic hydroxyl groups is 1. The molecule has 0 spiro atoms. The minimum absolute atomic E-state index is 0.0362. The van der Waals surface area contributed by atoms with E-state index in [4.69, 9.17) is 9.51 Å². The number of halogens is 1. The second kappa shape index (κ2) is 12.0. The summed E-state index contributed by atoms with van der Waals surface area (Å²) in [6.07, 6.45) is -0.362. The van der Waals surface area contributed by atoms with E-state index < -0.39 is 30.6 Å². The van der Waals surface area contributed by atoms with E-state index >= 15 is 0 Å². The van der Waals surface area contributed by atoms with Crippen molar-refractivity contribution in [2.45, 2.75) is 50.8 Å². The van der Waals surface area contributed by atoms with Crippen molar-refractivity contribution in [1.29, 1.82) is 0 Å². The molecule has 0 amide bonds. The summed E-state index contributed by atoms with van der Waals surface area (Å²) >= 11 is 0. The number of hydrogen-bond donors (Lipinski definition) is 2. The average molecular weight is 537 g/mol. The third-order valence-electron chi connectivity index (χ3n) is 6.28. The van der Waals surface area contributed by atoms with Gasteiger partial charge >= 0.3 is 19.2 Å². The van der Waals surface area contributed by atoms with Gasteiger partial charge in [0.1, 0.15) is 5.82 Å². The van der Waals surface area contributed by atoms with Crippen LogP contribution in [0.4, 0.5) is 4.39 Å². The highest BCUT2D eigenvalue weighted by Crippen LogP contribution is 2.53. The maximum atomic E-state index is 13.7. The lowest BCUT2D eigenvalue weighted by atomic mass is 9.77. The molecule has 1 heterocycles. The lowest BCUT2D eigenvalue weighted by Crippen LogP contribution is -2.56. The van der Waals surface area contributed by atoms with Gasteiger partial charge in [-0.05, 0) is 45.7 Å². The number of hydrogen-bond acceptors (Lipinski definition) is 5. The number of aliphatic carboxylic acids is 1. The Kier molecular flexibility index (Phi) is 9.17. The monoisotopic (exact) mass is 536 g/mol. The number of carbonyl (C=O) groups is 1. The first kappa shape index (κ1) is 29.1. The number of carboxylic acids is 1. The molecule has 3 rings (SSSR count). The van der Waals surface area contributed by atoms with Crippen LogP contribution < -0.4 is 0 Å². The summed E-state index contributed by atoms with van der Waals surface area (Å²) in [6.45, 7) is 7.51. The van der Waals surface area contributed by atoms with Gasteiger partial charge in [0.15, 0.2) is 5.60 Å². The van der Waals surface area contributed by atoms with E-state index in [1.807, 2.05) is 44.2 Å². The predicted octanol–water partition coefficient (Wildman–Crippen LogP) is 6.31. The van der Waals surface area contributed by atoms with Crippen molar-refractivity contribution >= 4 is 14.0 Å². The Labute approximate surface area is 223 Å². The molecule has 38 heavy (non-hydrogen) atoms. The molecule has 2 aromatic carbocycles. The molecule has 0 radical (unpaired) electrons. The standard InChI is InChI=1S/C30H31FNO5P/c1-20(2)17-18-30(28(33)34,38(36)37-5)29(35,19-22-11-13-24(31)14-12-22)26-16-15-25(21(3)4)27(32-26)23-9-7-6-8-10-23/h6-16,20-21,35H,19H2,1-5H3/p+1. The maximum Gasteiger partial charge on any atom is 0.543 e. The fourth-order valence-electron chi connectivity index (χ4n) is 4.29. The summed E-state index contributed by atoms with van der Waals surface area (Å²) in [5.41, 5.74) is 0.148.